The Hall–Kier alpha value is -11.3. The SMILES string of the molecule is CC(C)(C)c1ccc(N(c2ccccc2)c2ccc(N(c3ccccc3)c3ccc(N(c4ccccc4)c4ccc(N(c5ccccc5)c5ccc(N(c6ccccc6)c6ccc(N(c7ccccc7)c7ccc(C(C)(C)C)cc7)cc6)cc5)cc4)cc3)cc2)cc1. The molecule has 0 fully saturated rings. The van der Waals surface area contributed by atoms with Gasteiger partial charge in [-0.25, -0.2) is 0 Å². The van der Waals surface area contributed by atoms with Crippen LogP contribution >= 0.6 is 0 Å². The number of benzene rings is 13. The van der Waals surface area contributed by atoms with E-state index >= 15 is 0 Å². The van der Waals surface area contributed by atoms with Crippen LogP contribution in [0.2, 0.25) is 0 Å². The summed E-state index contributed by atoms with van der Waals surface area (Å²) in [6, 6.07) is 126. The minimum absolute atomic E-state index is 0.0597. The second kappa shape index (κ2) is 26.4. The maximum absolute atomic E-state index is 2.33. The molecule has 0 aromatic heterocycles. The lowest BCUT2D eigenvalue weighted by Crippen LogP contribution is -2.14. The Morgan fingerprint density at radius 1 is 0.130 bits per heavy atom. The van der Waals surface area contributed by atoms with E-state index in [1.807, 2.05) is 0 Å². The van der Waals surface area contributed by atoms with Crippen molar-refractivity contribution in [1.29, 1.82) is 0 Å². The Morgan fingerprint density at radius 2 is 0.228 bits per heavy atom. The van der Waals surface area contributed by atoms with Crippen LogP contribution in [0.3, 0.4) is 0 Å². The Bertz CT molecular complexity index is 4150. The third-order valence-electron chi connectivity index (χ3n) is 16.9. The van der Waals surface area contributed by atoms with Gasteiger partial charge in [-0.2, -0.15) is 0 Å². The van der Waals surface area contributed by atoms with Crippen molar-refractivity contribution in [3.63, 3.8) is 0 Å². The molecule has 0 aliphatic rings. The van der Waals surface area contributed by atoms with Crippen molar-refractivity contribution < 1.29 is 0 Å². The second-order valence-electron chi connectivity index (χ2n) is 25.2. The minimum atomic E-state index is 0.0597. The van der Waals surface area contributed by atoms with Gasteiger partial charge in [-0.15, -0.1) is 0 Å². The molecule has 0 aliphatic carbocycles. The van der Waals surface area contributed by atoms with E-state index in [0.29, 0.717) is 0 Å². The average Bonchev–Trinajstić information content (AvgIpc) is 0.962. The van der Waals surface area contributed by atoms with Gasteiger partial charge in [-0.3, -0.25) is 0 Å². The molecule has 0 spiro atoms. The quantitative estimate of drug-likeness (QED) is 0.0847. The molecule has 0 heterocycles. The van der Waals surface area contributed by atoms with Crippen molar-refractivity contribution >= 4 is 102 Å². The number of rotatable bonds is 18. The van der Waals surface area contributed by atoms with Gasteiger partial charge >= 0.3 is 0 Å². The van der Waals surface area contributed by atoms with Gasteiger partial charge in [0.2, 0.25) is 0 Å². The summed E-state index contributed by atoms with van der Waals surface area (Å²) in [5.41, 5.74) is 22.0. The zero-order valence-electron chi connectivity index (χ0n) is 53.2. The Morgan fingerprint density at radius 3 is 0.337 bits per heavy atom. The fourth-order valence-electron chi connectivity index (χ4n) is 12.1. The van der Waals surface area contributed by atoms with E-state index in [1.165, 1.54) is 11.1 Å². The van der Waals surface area contributed by atoms with Crippen molar-refractivity contribution in [1.82, 2.24) is 0 Å². The molecule has 0 unspecified atom stereocenters. The van der Waals surface area contributed by atoms with E-state index in [-0.39, 0.29) is 10.8 Å². The molecular weight excluding hydrogens is 1120 g/mol. The summed E-state index contributed by atoms with van der Waals surface area (Å²) in [5.74, 6) is 0. The monoisotopic (exact) mass is 1190 g/mol. The van der Waals surface area contributed by atoms with E-state index < -0.39 is 0 Å². The van der Waals surface area contributed by atoms with Crippen molar-refractivity contribution in [2.45, 2.75) is 52.4 Å². The molecule has 6 heteroatoms. The van der Waals surface area contributed by atoms with Crippen LogP contribution in [0.25, 0.3) is 0 Å². The number of hydrogen-bond donors (Lipinski definition) is 0. The zero-order valence-corrected chi connectivity index (χ0v) is 53.2. The highest BCUT2D eigenvalue weighted by Gasteiger charge is 2.23. The van der Waals surface area contributed by atoms with E-state index in [9.17, 15) is 0 Å². The van der Waals surface area contributed by atoms with Gasteiger partial charge in [0.15, 0.2) is 0 Å². The molecule has 0 bridgehead atoms. The lowest BCUT2D eigenvalue weighted by atomic mass is 9.87. The van der Waals surface area contributed by atoms with Crippen LogP contribution in [0.1, 0.15) is 52.7 Å². The fourth-order valence-corrected chi connectivity index (χ4v) is 12.1. The number of para-hydroxylation sites is 6. The first-order valence-corrected chi connectivity index (χ1v) is 31.7. The predicted octanol–water partition coefficient (Wildman–Crippen LogP) is 25.1. The molecule has 92 heavy (non-hydrogen) atoms. The molecule has 450 valence electrons. The van der Waals surface area contributed by atoms with Crippen LogP contribution in [-0.2, 0) is 10.8 Å². The second-order valence-corrected chi connectivity index (χ2v) is 25.2. The summed E-state index contributed by atoms with van der Waals surface area (Å²) in [7, 11) is 0. The summed E-state index contributed by atoms with van der Waals surface area (Å²) in [6.45, 7) is 13.6. The molecule has 0 aliphatic heterocycles. The maximum Gasteiger partial charge on any atom is 0.0463 e. The molecule has 13 rings (SSSR count). The minimum Gasteiger partial charge on any atom is -0.311 e. The van der Waals surface area contributed by atoms with Crippen molar-refractivity contribution in [3.05, 3.63) is 363 Å². The summed E-state index contributed by atoms with van der Waals surface area (Å²) in [5, 5.41) is 0. The molecule has 0 atom stereocenters. The van der Waals surface area contributed by atoms with Crippen molar-refractivity contribution in [3.8, 4) is 0 Å². The third kappa shape index (κ3) is 13.1. The summed E-state index contributed by atoms with van der Waals surface area (Å²) in [4.78, 5) is 14.0. The topological polar surface area (TPSA) is 19.4 Å². The molecule has 6 nitrogen and oxygen atoms in total. The summed E-state index contributed by atoms with van der Waals surface area (Å²) < 4.78 is 0. The average molecular weight is 1190 g/mol. The van der Waals surface area contributed by atoms with E-state index in [4.69, 9.17) is 0 Å². The Balaban J connectivity index is 0.798. The van der Waals surface area contributed by atoms with E-state index in [2.05, 4.69) is 423 Å². The van der Waals surface area contributed by atoms with Gasteiger partial charge in [-0.05, 0) is 240 Å². The van der Waals surface area contributed by atoms with Crippen LogP contribution in [-0.4, -0.2) is 0 Å². The Kier molecular flexibility index (Phi) is 17.1. The number of hydrogen-bond acceptors (Lipinski definition) is 6. The van der Waals surface area contributed by atoms with Crippen LogP contribution in [0.15, 0.2) is 352 Å². The van der Waals surface area contributed by atoms with Crippen LogP contribution in [0, 0.1) is 0 Å². The van der Waals surface area contributed by atoms with E-state index in [0.717, 1.165) is 102 Å². The molecule has 0 N–H and O–H groups in total. The molecule has 0 radical (unpaired) electrons. The third-order valence-corrected chi connectivity index (χ3v) is 16.9. The molecule has 0 saturated carbocycles. The largest absolute Gasteiger partial charge is 0.311 e. The van der Waals surface area contributed by atoms with E-state index in [1.54, 1.807) is 0 Å². The lowest BCUT2D eigenvalue weighted by Gasteiger charge is -2.30. The molecule has 0 saturated heterocycles. The van der Waals surface area contributed by atoms with Crippen LogP contribution in [0.4, 0.5) is 102 Å². The molecular formula is C86H76N6. The van der Waals surface area contributed by atoms with Gasteiger partial charge in [0.1, 0.15) is 0 Å². The van der Waals surface area contributed by atoms with Crippen LogP contribution in [0.5, 0.6) is 0 Å². The van der Waals surface area contributed by atoms with Gasteiger partial charge in [0.25, 0.3) is 0 Å². The molecule has 0 amide bonds. The number of anilines is 18. The smallest absolute Gasteiger partial charge is 0.0463 e. The first-order chi connectivity index (χ1) is 44.9. The van der Waals surface area contributed by atoms with Gasteiger partial charge in [0, 0.05) is 102 Å². The highest BCUT2D eigenvalue weighted by molar-refractivity contribution is 5.87. The van der Waals surface area contributed by atoms with Crippen molar-refractivity contribution in [2.24, 2.45) is 0 Å². The van der Waals surface area contributed by atoms with Gasteiger partial charge in [0.05, 0.1) is 0 Å². The van der Waals surface area contributed by atoms with Gasteiger partial charge < -0.3 is 29.4 Å². The maximum atomic E-state index is 2.33. The molecule has 13 aromatic rings. The normalized spacial score (nSPS) is 11.4. The highest BCUT2D eigenvalue weighted by atomic mass is 15.2. The first kappa shape index (κ1) is 59.6. The van der Waals surface area contributed by atoms with Crippen molar-refractivity contribution in [2.75, 3.05) is 29.4 Å². The summed E-state index contributed by atoms with van der Waals surface area (Å²) in [6.07, 6.45) is 0. The lowest BCUT2D eigenvalue weighted by molar-refractivity contribution is 0.590. The number of nitrogens with zero attached hydrogens (tertiary/aromatic N) is 6. The standard InChI is InChI=1S/C86H76N6/c1-85(2,3)65-37-41-73(42-38-65)87(67-25-13-7-14-26-67)75-45-49-77(50-46-75)89(69-29-17-9-18-30-69)79-53-57-81(58-54-79)91(71-33-21-11-22-34-71)83-61-63-84(64-62-83)92(72-35-23-12-24-36-72)82-59-55-80(56-60-82)90(70-31-19-10-20-32-70)78-51-47-76(48-52-78)88(68-27-15-8-16-28-68)74-43-39-66(40-44-74)86(4,5)6/h7-64H,1-6H3. The Labute approximate surface area is 544 Å². The summed E-state index contributed by atoms with van der Waals surface area (Å²) >= 11 is 0. The first-order valence-electron chi connectivity index (χ1n) is 31.7. The highest BCUT2D eigenvalue weighted by Crippen LogP contribution is 2.45. The van der Waals surface area contributed by atoms with Crippen LogP contribution < -0.4 is 29.4 Å². The fraction of sp³-hybridized carbons (Fsp3) is 0.0930. The van der Waals surface area contributed by atoms with Gasteiger partial charge in [-0.1, -0.05) is 175 Å². The predicted molar refractivity (Wildman–Crippen MR) is 392 cm³/mol. The molecule has 13 aromatic carbocycles. The zero-order chi connectivity index (χ0) is 63.0.